The summed E-state index contributed by atoms with van der Waals surface area (Å²) in [4.78, 5) is 16.4. The van der Waals surface area contributed by atoms with Gasteiger partial charge in [0.1, 0.15) is 0 Å². The van der Waals surface area contributed by atoms with Crippen LogP contribution in [0.1, 0.15) is 19.8 Å². The minimum absolute atomic E-state index is 0.0602. The van der Waals surface area contributed by atoms with Gasteiger partial charge in [-0.15, -0.1) is 0 Å². The van der Waals surface area contributed by atoms with E-state index in [0.29, 0.717) is 19.0 Å². The molecule has 1 amide bonds. The molecule has 1 aromatic rings. The van der Waals surface area contributed by atoms with Crippen molar-refractivity contribution in [3.63, 3.8) is 0 Å². The molecule has 1 heterocycles. The standard InChI is InChI=1S/C18H29N3O2/c1-2-9-20(11-12-22)15-18(23)19-13-16-8-10-21(14-16)17-6-4-3-5-7-17/h3-7,16,22H,2,8-15H2,1H3,(H,19,23)/t16-/m0/s1. The number of nitrogens with one attached hydrogen (secondary N) is 1. The van der Waals surface area contributed by atoms with Crippen LogP contribution in [0, 0.1) is 5.92 Å². The zero-order valence-electron chi connectivity index (χ0n) is 14.1. The first kappa shape index (κ1) is 17.8. The first-order valence-electron chi connectivity index (χ1n) is 8.62. The Balaban J connectivity index is 1.71. The Bertz CT molecular complexity index is 461. The zero-order valence-corrected chi connectivity index (χ0v) is 14.1. The summed E-state index contributed by atoms with van der Waals surface area (Å²) in [6.07, 6.45) is 2.10. The molecule has 0 unspecified atom stereocenters. The molecular formula is C18H29N3O2. The number of hydrogen-bond donors (Lipinski definition) is 2. The summed E-state index contributed by atoms with van der Waals surface area (Å²) in [5.41, 5.74) is 1.26. The van der Waals surface area contributed by atoms with Gasteiger partial charge < -0.3 is 15.3 Å². The predicted octanol–water partition coefficient (Wildman–Crippen LogP) is 1.33. The number of benzene rings is 1. The van der Waals surface area contributed by atoms with Crippen LogP contribution in [-0.4, -0.2) is 61.8 Å². The molecule has 1 aliphatic rings. The van der Waals surface area contributed by atoms with Crippen LogP contribution >= 0.6 is 0 Å². The van der Waals surface area contributed by atoms with Crippen molar-refractivity contribution < 1.29 is 9.90 Å². The lowest BCUT2D eigenvalue weighted by Crippen LogP contribution is -2.40. The summed E-state index contributed by atoms with van der Waals surface area (Å²) in [6.45, 7) is 6.76. The maximum atomic E-state index is 12.1. The topological polar surface area (TPSA) is 55.8 Å². The van der Waals surface area contributed by atoms with Crippen LogP contribution in [0.3, 0.4) is 0 Å². The number of anilines is 1. The highest BCUT2D eigenvalue weighted by Gasteiger charge is 2.23. The Hall–Kier alpha value is -1.59. The predicted molar refractivity (Wildman–Crippen MR) is 93.6 cm³/mol. The summed E-state index contributed by atoms with van der Waals surface area (Å²) in [5, 5.41) is 12.1. The third-order valence-electron chi connectivity index (χ3n) is 4.32. The fraction of sp³-hybridized carbons (Fsp3) is 0.611. The number of para-hydroxylation sites is 1. The first-order chi connectivity index (χ1) is 11.2. The zero-order chi connectivity index (χ0) is 16.5. The molecule has 0 saturated carbocycles. The highest BCUT2D eigenvalue weighted by molar-refractivity contribution is 5.78. The van der Waals surface area contributed by atoms with E-state index in [2.05, 4.69) is 41.4 Å². The first-order valence-corrected chi connectivity index (χ1v) is 8.62. The van der Waals surface area contributed by atoms with Gasteiger partial charge in [0.2, 0.25) is 5.91 Å². The van der Waals surface area contributed by atoms with E-state index in [-0.39, 0.29) is 12.5 Å². The van der Waals surface area contributed by atoms with Gasteiger partial charge in [0, 0.05) is 31.9 Å². The van der Waals surface area contributed by atoms with Gasteiger partial charge in [-0.2, -0.15) is 0 Å². The van der Waals surface area contributed by atoms with Crippen LogP contribution in [0.25, 0.3) is 0 Å². The van der Waals surface area contributed by atoms with Gasteiger partial charge in [-0.1, -0.05) is 25.1 Å². The number of amides is 1. The van der Waals surface area contributed by atoms with E-state index < -0.39 is 0 Å². The van der Waals surface area contributed by atoms with E-state index in [4.69, 9.17) is 5.11 Å². The monoisotopic (exact) mass is 319 g/mol. The van der Waals surface area contributed by atoms with E-state index >= 15 is 0 Å². The number of aliphatic hydroxyl groups is 1. The van der Waals surface area contributed by atoms with Crippen LogP contribution in [0.5, 0.6) is 0 Å². The summed E-state index contributed by atoms with van der Waals surface area (Å²) in [5.74, 6) is 0.571. The van der Waals surface area contributed by atoms with Crippen LogP contribution in [0.15, 0.2) is 30.3 Å². The summed E-state index contributed by atoms with van der Waals surface area (Å²) in [7, 11) is 0. The molecule has 23 heavy (non-hydrogen) atoms. The van der Waals surface area contributed by atoms with Crippen LogP contribution in [-0.2, 0) is 4.79 Å². The molecular weight excluding hydrogens is 290 g/mol. The lowest BCUT2D eigenvalue weighted by atomic mass is 10.1. The number of aliphatic hydroxyl groups excluding tert-OH is 1. The van der Waals surface area contributed by atoms with Gasteiger partial charge in [0.05, 0.1) is 13.2 Å². The van der Waals surface area contributed by atoms with Crippen LogP contribution < -0.4 is 10.2 Å². The number of carbonyl (C=O) groups excluding carboxylic acids is 1. The van der Waals surface area contributed by atoms with Gasteiger partial charge >= 0.3 is 0 Å². The number of nitrogens with zero attached hydrogens (tertiary/aromatic N) is 2. The Kier molecular flexibility index (Phi) is 7.36. The van der Waals surface area contributed by atoms with Crippen molar-refractivity contribution in [3.8, 4) is 0 Å². The molecule has 5 heteroatoms. The molecule has 1 aliphatic heterocycles. The highest BCUT2D eigenvalue weighted by Crippen LogP contribution is 2.22. The maximum Gasteiger partial charge on any atom is 0.234 e. The Morgan fingerprint density at radius 2 is 2.13 bits per heavy atom. The van der Waals surface area contributed by atoms with Crippen molar-refractivity contribution in [1.29, 1.82) is 0 Å². The molecule has 0 aliphatic carbocycles. The lowest BCUT2D eigenvalue weighted by molar-refractivity contribution is -0.122. The summed E-state index contributed by atoms with van der Waals surface area (Å²) >= 11 is 0. The molecule has 1 aromatic carbocycles. The molecule has 0 bridgehead atoms. The number of carbonyl (C=O) groups is 1. The molecule has 1 fully saturated rings. The largest absolute Gasteiger partial charge is 0.395 e. The Morgan fingerprint density at radius 3 is 2.83 bits per heavy atom. The normalized spacial score (nSPS) is 17.7. The van der Waals surface area contributed by atoms with Crippen molar-refractivity contribution >= 4 is 11.6 Å². The SMILES string of the molecule is CCCN(CCO)CC(=O)NC[C@@H]1CCN(c2ccccc2)C1. The van der Waals surface area contributed by atoms with Crippen molar-refractivity contribution in [2.45, 2.75) is 19.8 Å². The van der Waals surface area contributed by atoms with E-state index in [1.165, 1.54) is 5.69 Å². The second-order valence-electron chi connectivity index (χ2n) is 6.24. The second kappa shape index (κ2) is 9.53. The van der Waals surface area contributed by atoms with E-state index in [0.717, 1.165) is 39.0 Å². The van der Waals surface area contributed by atoms with Gasteiger partial charge in [0.25, 0.3) is 0 Å². The smallest absolute Gasteiger partial charge is 0.234 e. The molecule has 0 spiro atoms. The number of rotatable bonds is 9. The van der Waals surface area contributed by atoms with E-state index in [9.17, 15) is 4.79 Å². The second-order valence-corrected chi connectivity index (χ2v) is 6.24. The maximum absolute atomic E-state index is 12.1. The Morgan fingerprint density at radius 1 is 1.35 bits per heavy atom. The Labute approximate surface area is 139 Å². The van der Waals surface area contributed by atoms with E-state index in [1.807, 2.05) is 11.0 Å². The minimum atomic E-state index is 0.0602. The molecule has 5 nitrogen and oxygen atoms in total. The van der Waals surface area contributed by atoms with Crippen LogP contribution in [0.4, 0.5) is 5.69 Å². The molecule has 2 rings (SSSR count). The average molecular weight is 319 g/mol. The summed E-state index contributed by atoms with van der Waals surface area (Å²) in [6, 6.07) is 10.4. The molecule has 128 valence electrons. The lowest BCUT2D eigenvalue weighted by Gasteiger charge is -2.21. The minimum Gasteiger partial charge on any atom is -0.395 e. The van der Waals surface area contributed by atoms with Gasteiger partial charge in [-0.25, -0.2) is 0 Å². The van der Waals surface area contributed by atoms with E-state index in [1.54, 1.807) is 0 Å². The fourth-order valence-corrected chi connectivity index (χ4v) is 3.12. The van der Waals surface area contributed by atoms with Crippen molar-refractivity contribution in [3.05, 3.63) is 30.3 Å². The molecule has 1 atom stereocenters. The third-order valence-corrected chi connectivity index (χ3v) is 4.32. The third kappa shape index (κ3) is 5.84. The highest BCUT2D eigenvalue weighted by atomic mass is 16.3. The van der Waals surface area contributed by atoms with Crippen LogP contribution in [0.2, 0.25) is 0 Å². The van der Waals surface area contributed by atoms with Crippen molar-refractivity contribution in [1.82, 2.24) is 10.2 Å². The molecule has 1 saturated heterocycles. The van der Waals surface area contributed by atoms with Crippen molar-refractivity contribution in [2.75, 3.05) is 50.8 Å². The molecule has 0 radical (unpaired) electrons. The van der Waals surface area contributed by atoms with Gasteiger partial charge in [-0.3, -0.25) is 9.69 Å². The average Bonchev–Trinajstić information content (AvgIpc) is 3.03. The summed E-state index contributed by atoms with van der Waals surface area (Å²) < 4.78 is 0. The fourth-order valence-electron chi connectivity index (χ4n) is 3.12. The van der Waals surface area contributed by atoms with Gasteiger partial charge in [0.15, 0.2) is 0 Å². The molecule has 0 aromatic heterocycles. The molecule has 2 N–H and O–H groups in total. The number of hydrogen-bond acceptors (Lipinski definition) is 4. The van der Waals surface area contributed by atoms with Crippen molar-refractivity contribution in [2.24, 2.45) is 5.92 Å². The van der Waals surface area contributed by atoms with Gasteiger partial charge in [-0.05, 0) is 37.4 Å². The quantitative estimate of drug-likeness (QED) is 0.721.